The predicted octanol–water partition coefficient (Wildman–Crippen LogP) is 0.695. The first-order valence-corrected chi connectivity index (χ1v) is 7.31. The van der Waals surface area contributed by atoms with Crippen molar-refractivity contribution in [3.05, 3.63) is 0 Å². The molecule has 2 N–H and O–H groups in total. The summed E-state index contributed by atoms with van der Waals surface area (Å²) in [6.07, 6.45) is -0.447. The highest BCUT2D eigenvalue weighted by molar-refractivity contribution is 7.99. The lowest BCUT2D eigenvalue weighted by atomic mass is 10.2. The van der Waals surface area contributed by atoms with E-state index in [1.807, 2.05) is 0 Å². The summed E-state index contributed by atoms with van der Waals surface area (Å²) in [5, 5.41) is 11.3. The topological polar surface area (TPSA) is 78.9 Å². The number of nitrogens with zero attached hydrogens (tertiary/aromatic N) is 1. The molecule has 7 heteroatoms. The van der Waals surface area contributed by atoms with E-state index >= 15 is 0 Å². The molecule has 0 rings (SSSR count). The molecule has 0 aliphatic rings. The zero-order chi connectivity index (χ0) is 14.9. The van der Waals surface area contributed by atoms with Gasteiger partial charge in [-0.3, -0.25) is 4.79 Å². The molecule has 0 aromatic carbocycles. The van der Waals surface area contributed by atoms with Crippen LogP contribution < -0.4 is 5.32 Å². The number of carbonyl (C=O) groups is 2. The number of thioether (sulfide) groups is 1. The Kier molecular flexibility index (Phi) is 8.58. The van der Waals surface area contributed by atoms with Crippen molar-refractivity contribution in [1.29, 1.82) is 0 Å². The molecule has 6 nitrogen and oxygen atoms in total. The van der Waals surface area contributed by atoms with Gasteiger partial charge in [0.15, 0.2) is 0 Å². The Bertz CT molecular complexity index is 292. The number of aliphatic hydroxyl groups is 1. The summed E-state index contributed by atoms with van der Waals surface area (Å²) in [5.74, 6) is 0.945. The molecule has 0 atom stereocenters. The number of nitrogens with one attached hydrogen (secondary N) is 1. The average molecular weight is 292 g/mol. The van der Waals surface area contributed by atoms with Gasteiger partial charge < -0.3 is 20.1 Å². The largest absolute Gasteiger partial charge is 0.444 e. The Hall–Kier alpha value is -0.950. The number of rotatable bonds is 7. The Morgan fingerprint density at radius 3 is 2.53 bits per heavy atom. The van der Waals surface area contributed by atoms with Crippen LogP contribution in [0.5, 0.6) is 0 Å². The van der Waals surface area contributed by atoms with E-state index < -0.39 is 11.7 Å². The summed E-state index contributed by atoms with van der Waals surface area (Å²) >= 11 is 1.43. The maximum Gasteiger partial charge on any atom is 0.407 e. The van der Waals surface area contributed by atoms with Gasteiger partial charge in [0.2, 0.25) is 5.91 Å². The zero-order valence-electron chi connectivity index (χ0n) is 12.1. The fourth-order valence-corrected chi connectivity index (χ4v) is 1.87. The van der Waals surface area contributed by atoms with Crippen molar-refractivity contribution in [2.45, 2.75) is 26.4 Å². The van der Waals surface area contributed by atoms with Crippen molar-refractivity contribution in [3.8, 4) is 0 Å². The van der Waals surface area contributed by atoms with Gasteiger partial charge in [-0.15, -0.1) is 0 Å². The summed E-state index contributed by atoms with van der Waals surface area (Å²) in [4.78, 5) is 24.3. The Balaban J connectivity index is 3.60. The summed E-state index contributed by atoms with van der Waals surface area (Å²) in [6.45, 7) is 6.17. The van der Waals surface area contributed by atoms with Crippen LogP contribution in [0.15, 0.2) is 0 Å². The van der Waals surface area contributed by atoms with Gasteiger partial charge >= 0.3 is 6.09 Å². The molecule has 0 saturated carbocycles. The minimum Gasteiger partial charge on any atom is -0.444 e. The lowest BCUT2D eigenvalue weighted by Gasteiger charge is -2.19. The van der Waals surface area contributed by atoms with Gasteiger partial charge in [-0.05, 0) is 20.8 Å². The SMILES string of the molecule is CN(CCO)C(=O)CSCCNC(=O)OC(C)(C)C. The zero-order valence-corrected chi connectivity index (χ0v) is 12.9. The second kappa shape index (κ2) is 9.03. The third-order valence-corrected chi connectivity index (χ3v) is 2.95. The summed E-state index contributed by atoms with van der Waals surface area (Å²) in [5.41, 5.74) is -0.500. The van der Waals surface area contributed by atoms with Gasteiger partial charge in [0.05, 0.1) is 12.4 Å². The van der Waals surface area contributed by atoms with Gasteiger partial charge in [0.1, 0.15) is 5.60 Å². The minimum atomic E-state index is -0.500. The lowest BCUT2D eigenvalue weighted by molar-refractivity contribution is -0.127. The van der Waals surface area contributed by atoms with Crippen molar-refractivity contribution >= 4 is 23.8 Å². The van der Waals surface area contributed by atoms with E-state index in [-0.39, 0.29) is 12.5 Å². The third kappa shape index (κ3) is 10.6. The number of hydrogen-bond donors (Lipinski definition) is 2. The molecule has 0 radical (unpaired) electrons. The number of alkyl carbamates (subject to hydrolysis) is 1. The van der Waals surface area contributed by atoms with Gasteiger partial charge in [0, 0.05) is 25.9 Å². The van der Waals surface area contributed by atoms with Crippen LogP contribution in [0.2, 0.25) is 0 Å². The van der Waals surface area contributed by atoms with Crippen LogP contribution in [-0.2, 0) is 9.53 Å². The molecule has 2 amide bonds. The fourth-order valence-electron chi connectivity index (χ4n) is 1.08. The Labute approximate surface area is 118 Å². The van der Waals surface area contributed by atoms with Crippen molar-refractivity contribution in [2.24, 2.45) is 0 Å². The van der Waals surface area contributed by atoms with Gasteiger partial charge in [-0.2, -0.15) is 11.8 Å². The van der Waals surface area contributed by atoms with E-state index in [0.717, 1.165) is 0 Å². The molecule has 0 aromatic heterocycles. The van der Waals surface area contributed by atoms with Crippen molar-refractivity contribution in [2.75, 3.05) is 38.2 Å². The number of hydrogen-bond acceptors (Lipinski definition) is 5. The molecule has 0 aromatic rings. The summed E-state index contributed by atoms with van der Waals surface area (Å²) in [6, 6.07) is 0. The molecule has 0 heterocycles. The predicted molar refractivity (Wildman–Crippen MR) is 76.3 cm³/mol. The molecule has 19 heavy (non-hydrogen) atoms. The Morgan fingerprint density at radius 1 is 1.37 bits per heavy atom. The van der Waals surface area contributed by atoms with Gasteiger partial charge in [0.25, 0.3) is 0 Å². The van der Waals surface area contributed by atoms with Crippen LogP contribution in [0.1, 0.15) is 20.8 Å². The molecule has 0 aliphatic heterocycles. The molecule has 0 unspecified atom stereocenters. The maximum absolute atomic E-state index is 11.5. The molecule has 0 spiro atoms. The first-order valence-electron chi connectivity index (χ1n) is 6.15. The molecular formula is C12H24N2O4S. The standard InChI is InChI=1S/C12H24N2O4S/c1-12(2,3)18-11(17)13-5-8-19-9-10(16)14(4)6-7-15/h15H,5-9H2,1-4H3,(H,13,17). The second-order valence-electron chi connectivity index (χ2n) is 5.02. The van der Waals surface area contributed by atoms with Crippen molar-refractivity contribution in [1.82, 2.24) is 10.2 Å². The third-order valence-electron chi connectivity index (χ3n) is 2.00. The number of likely N-dealkylation sites (N-methyl/N-ethyl adjacent to an activating group) is 1. The highest BCUT2D eigenvalue weighted by Crippen LogP contribution is 2.06. The van der Waals surface area contributed by atoms with E-state index in [0.29, 0.717) is 24.6 Å². The van der Waals surface area contributed by atoms with E-state index in [4.69, 9.17) is 9.84 Å². The average Bonchev–Trinajstić information content (AvgIpc) is 2.26. The highest BCUT2D eigenvalue weighted by atomic mass is 32.2. The van der Waals surface area contributed by atoms with Crippen molar-refractivity contribution < 1.29 is 19.4 Å². The molecule has 0 fully saturated rings. The maximum atomic E-state index is 11.5. The Morgan fingerprint density at radius 2 is 2.00 bits per heavy atom. The summed E-state index contributed by atoms with van der Waals surface area (Å²) in [7, 11) is 1.65. The van der Waals surface area contributed by atoms with Crippen LogP contribution >= 0.6 is 11.8 Å². The first-order chi connectivity index (χ1) is 8.76. The number of carbonyl (C=O) groups excluding carboxylic acids is 2. The second-order valence-corrected chi connectivity index (χ2v) is 6.13. The van der Waals surface area contributed by atoms with Crippen LogP contribution in [0.4, 0.5) is 4.79 Å². The molecule has 0 aliphatic carbocycles. The van der Waals surface area contributed by atoms with Crippen LogP contribution in [-0.4, -0.2) is 65.9 Å². The number of aliphatic hydroxyl groups excluding tert-OH is 1. The van der Waals surface area contributed by atoms with Crippen LogP contribution in [0.3, 0.4) is 0 Å². The number of amides is 2. The molecule has 0 saturated heterocycles. The highest BCUT2D eigenvalue weighted by Gasteiger charge is 2.15. The van der Waals surface area contributed by atoms with Crippen LogP contribution in [0.25, 0.3) is 0 Å². The van der Waals surface area contributed by atoms with E-state index in [1.165, 1.54) is 16.7 Å². The smallest absolute Gasteiger partial charge is 0.407 e. The monoisotopic (exact) mass is 292 g/mol. The van der Waals surface area contributed by atoms with Gasteiger partial charge in [-0.25, -0.2) is 4.79 Å². The molecule has 0 bridgehead atoms. The fraction of sp³-hybridized carbons (Fsp3) is 0.833. The van der Waals surface area contributed by atoms with Crippen LogP contribution in [0, 0.1) is 0 Å². The van der Waals surface area contributed by atoms with E-state index in [1.54, 1.807) is 27.8 Å². The van der Waals surface area contributed by atoms with Gasteiger partial charge in [-0.1, -0.05) is 0 Å². The van der Waals surface area contributed by atoms with E-state index in [2.05, 4.69) is 5.32 Å². The van der Waals surface area contributed by atoms with E-state index in [9.17, 15) is 9.59 Å². The number of ether oxygens (including phenoxy) is 1. The quantitative estimate of drug-likeness (QED) is 0.675. The van der Waals surface area contributed by atoms with Crippen molar-refractivity contribution in [3.63, 3.8) is 0 Å². The lowest BCUT2D eigenvalue weighted by Crippen LogP contribution is -2.34. The minimum absolute atomic E-state index is 0.0312. The first kappa shape index (κ1) is 18.0. The normalized spacial score (nSPS) is 11.0. The molecular weight excluding hydrogens is 268 g/mol. The summed E-state index contributed by atoms with van der Waals surface area (Å²) < 4.78 is 5.07. The molecule has 112 valence electrons.